The van der Waals surface area contributed by atoms with Crippen LogP contribution in [-0.4, -0.2) is 22.0 Å². The molecule has 1 aromatic carbocycles. The van der Waals surface area contributed by atoms with Crippen molar-refractivity contribution in [2.75, 3.05) is 0 Å². The number of fused-ring (bicyclic) bond motifs is 1. The molecule has 0 saturated heterocycles. The van der Waals surface area contributed by atoms with E-state index in [1.54, 1.807) is 0 Å². The van der Waals surface area contributed by atoms with Gasteiger partial charge in [-0.3, -0.25) is 4.79 Å². The molecule has 0 amide bonds. The highest BCUT2D eigenvalue weighted by molar-refractivity contribution is 6.04. The number of carboxylic acid groups (broad SMARTS) is 1. The smallest absolute Gasteiger partial charge is 0.303 e. The van der Waals surface area contributed by atoms with Crippen LogP contribution in [-0.2, 0) is 17.6 Å². The summed E-state index contributed by atoms with van der Waals surface area (Å²) in [6, 6.07) is 5.87. The number of oxime groups is 1. The molecule has 4 heteroatoms. The van der Waals surface area contributed by atoms with Gasteiger partial charge in [0.05, 0.1) is 5.71 Å². The first-order valence-corrected chi connectivity index (χ1v) is 5.25. The molecule has 0 radical (unpaired) electrons. The number of carboxylic acids is 1. The lowest BCUT2D eigenvalue weighted by atomic mass is 10.0. The highest BCUT2D eigenvalue weighted by atomic mass is 16.4. The molecule has 1 aliphatic rings. The fourth-order valence-electron chi connectivity index (χ4n) is 2.01. The predicted molar refractivity (Wildman–Crippen MR) is 59.0 cm³/mol. The first-order valence-electron chi connectivity index (χ1n) is 5.25. The number of hydrogen-bond acceptors (Lipinski definition) is 3. The lowest BCUT2D eigenvalue weighted by Crippen LogP contribution is -2.00. The van der Waals surface area contributed by atoms with Crippen LogP contribution in [0.4, 0.5) is 0 Å². The molecule has 84 valence electrons. The van der Waals surface area contributed by atoms with Crippen molar-refractivity contribution in [3.63, 3.8) is 0 Å². The van der Waals surface area contributed by atoms with Crippen LogP contribution in [0.5, 0.6) is 0 Å². The normalized spacial score (nSPS) is 16.4. The third-order valence-corrected chi connectivity index (χ3v) is 2.86. The number of aryl methyl sites for hydroxylation is 2. The molecule has 0 unspecified atom stereocenters. The fourth-order valence-corrected chi connectivity index (χ4v) is 2.01. The number of rotatable bonds is 3. The van der Waals surface area contributed by atoms with Gasteiger partial charge in [-0.2, -0.15) is 0 Å². The molecule has 2 rings (SSSR count). The molecule has 1 aliphatic carbocycles. The van der Waals surface area contributed by atoms with Crippen molar-refractivity contribution in [2.24, 2.45) is 5.16 Å². The number of carbonyl (C=O) groups is 1. The maximum absolute atomic E-state index is 10.5. The summed E-state index contributed by atoms with van der Waals surface area (Å²) in [5.41, 5.74) is 3.81. The maximum atomic E-state index is 10.5. The largest absolute Gasteiger partial charge is 0.481 e. The Kier molecular flexibility index (Phi) is 2.90. The molecule has 16 heavy (non-hydrogen) atoms. The quantitative estimate of drug-likeness (QED) is 0.601. The van der Waals surface area contributed by atoms with Gasteiger partial charge in [0.15, 0.2) is 0 Å². The van der Waals surface area contributed by atoms with E-state index in [2.05, 4.69) is 5.16 Å². The Morgan fingerprint density at radius 2 is 2.19 bits per heavy atom. The minimum Gasteiger partial charge on any atom is -0.481 e. The number of benzene rings is 1. The summed E-state index contributed by atoms with van der Waals surface area (Å²) in [5, 5.41) is 20.7. The minimum atomic E-state index is -0.795. The van der Waals surface area contributed by atoms with Crippen molar-refractivity contribution in [1.29, 1.82) is 0 Å². The fraction of sp³-hybridized carbons (Fsp3) is 0.333. The second-order valence-electron chi connectivity index (χ2n) is 3.93. The van der Waals surface area contributed by atoms with Gasteiger partial charge < -0.3 is 10.3 Å². The zero-order chi connectivity index (χ0) is 11.5. The van der Waals surface area contributed by atoms with Gasteiger partial charge in [-0.1, -0.05) is 17.3 Å². The van der Waals surface area contributed by atoms with Gasteiger partial charge in [0.1, 0.15) is 0 Å². The van der Waals surface area contributed by atoms with Crippen LogP contribution in [0, 0.1) is 0 Å². The second kappa shape index (κ2) is 4.35. The molecule has 0 saturated carbocycles. The lowest BCUT2D eigenvalue weighted by molar-refractivity contribution is -0.136. The molecule has 2 N–H and O–H groups in total. The SMILES string of the molecule is O=C(O)CCc1ccc2c(c1)/C(=N/O)CC2. The molecule has 0 atom stereocenters. The predicted octanol–water partition coefficient (Wildman–Crippen LogP) is 1.83. The highest BCUT2D eigenvalue weighted by Crippen LogP contribution is 2.24. The van der Waals surface area contributed by atoms with Gasteiger partial charge in [0, 0.05) is 12.0 Å². The molecule has 0 heterocycles. The average molecular weight is 219 g/mol. The maximum Gasteiger partial charge on any atom is 0.303 e. The molecule has 0 bridgehead atoms. The van der Waals surface area contributed by atoms with E-state index in [-0.39, 0.29) is 6.42 Å². The molecular weight excluding hydrogens is 206 g/mol. The van der Waals surface area contributed by atoms with Gasteiger partial charge in [0.25, 0.3) is 0 Å². The Morgan fingerprint density at radius 3 is 2.88 bits per heavy atom. The Labute approximate surface area is 93.2 Å². The van der Waals surface area contributed by atoms with Gasteiger partial charge in [-0.25, -0.2) is 0 Å². The molecule has 0 aromatic heterocycles. The van der Waals surface area contributed by atoms with Crippen LogP contribution >= 0.6 is 0 Å². The first-order chi connectivity index (χ1) is 7.70. The third kappa shape index (κ3) is 2.05. The summed E-state index contributed by atoms with van der Waals surface area (Å²) in [6.45, 7) is 0. The van der Waals surface area contributed by atoms with E-state index < -0.39 is 5.97 Å². The summed E-state index contributed by atoms with van der Waals surface area (Å²) in [7, 11) is 0. The Hall–Kier alpha value is -1.84. The highest BCUT2D eigenvalue weighted by Gasteiger charge is 2.18. The van der Waals surface area contributed by atoms with E-state index in [4.69, 9.17) is 10.3 Å². The molecule has 0 aliphatic heterocycles. The van der Waals surface area contributed by atoms with Gasteiger partial charge in [-0.15, -0.1) is 0 Å². The van der Waals surface area contributed by atoms with Crippen molar-refractivity contribution < 1.29 is 15.1 Å². The van der Waals surface area contributed by atoms with E-state index >= 15 is 0 Å². The van der Waals surface area contributed by atoms with Crippen LogP contribution in [0.25, 0.3) is 0 Å². The van der Waals surface area contributed by atoms with Gasteiger partial charge in [0.2, 0.25) is 0 Å². The monoisotopic (exact) mass is 219 g/mol. The summed E-state index contributed by atoms with van der Waals surface area (Å²) in [4.78, 5) is 10.5. The van der Waals surface area contributed by atoms with Crippen LogP contribution in [0.15, 0.2) is 23.4 Å². The van der Waals surface area contributed by atoms with Crippen LogP contribution in [0.2, 0.25) is 0 Å². The van der Waals surface area contributed by atoms with Crippen molar-refractivity contribution in [3.05, 3.63) is 34.9 Å². The summed E-state index contributed by atoms with van der Waals surface area (Å²) < 4.78 is 0. The molecule has 0 spiro atoms. The molecule has 0 fully saturated rings. The van der Waals surface area contributed by atoms with Crippen LogP contribution < -0.4 is 0 Å². The minimum absolute atomic E-state index is 0.129. The Bertz CT molecular complexity index is 452. The summed E-state index contributed by atoms with van der Waals surface area (Å²) in [5.74, 6) is -0.795. The average Bonchev–Trinajstić information content (AvgIpc) is 2.68. The molecule has 4 nitrogen and oxygen atoms in total. The Morgan fingerprint density at radius 1 is 1.38 bits per heavy atom. The Balaban J connectivity index is 2.22. The zero-order valence-corrected chi connectivity index (χ0v) is 8.81. The van der Waals surface area contributed by atoms with E-state index in [0.717, 1.165) is 24.0 Å². The van der Waals surface area contributed by atoms with Crippen molar-refractivity contribution in [1.82, 2.24) is 0 Å². The van der Waals surface area contributed by atoms with Crippen molar-refractivity contribution >= 4 is 11.7 Å². The summed E-state index contributed by atoms with van der Waals surface area (Å²) >= 11 is 0. The van der Waals surface area contributed by atoms with E-state index in [9.17, 15) is 4.79 Å². The van der Waals surface area contributed by atoms with E-state index in [0.29, 0.717) is 12.1 Å². The van der Waals surface area contributed by atoms with E-state index in [1.807, 2.05) is 18.2 Å². The number of nitrogens with zero attached hydrogens (tertiary/aromatic N) is 1. The number of aliphatic carboxylic acids is 1. The van der Waals surface area contributed by atoms with E-state index in [1.165, 1.54) is 5.56 Å². The van der Waals surface area contributed by atoms with Crippen LogP contribution in [0.1, 0.15) is 29.5 Å². The second-order valence-corrected chi connectivity index (χ2v) is 3.93. The lowest BCUT2D eigenvalue weighted by Gasteiger charge is -2.03. The van der Waals surface area contributed by atoms with Gasteiger partial charge >= 0.3 is 5.97 Å². The topological polar surface area (TPSA) is 69.9 Å². The standard InChI is InChI=1S/C12H13NO3/c14-12(15)6-2-8-1-3-9-4-5-11(13-16)10(9)7-8/h1,3,7,16H,2,4-6H2,(H,14,15)/b13-11+. The molecule has 1 aromatic rings. The third-order valence-electron chi connectivity index (χ3n) is 2.86. The summed E-state index contributed by atoms with van der Waals surface area (Å²) in [6.07, 6.45) is 2.30. The van der Waals surface area contributed by atoms with Gasteiger partial charge in [-0.05, 0) is 36.5 Å². The first kappa shape index (κ1) is 10.7. The van der Waals surface area contributed by atoms with Crippen LogP contribution in [0.3, 0.4) is 0 Å². The zero-order valence-electron chi connectivity index (χ0n) is 8.81. The molecular formula is C12H13NO3. The van der Waals surface area contributed by atoms with Crippen molar-refractivity contribution in [2.45, 2.75) is 25.7 Å². The number of hydrogen-bond donors (Lipinski definition) is 2. The van der Waals surface area contributed by atoms with Crippen molar-refractivity contribution in [3.8, 4) is 0 Å².